The minimum Gasteiger partial charge on any atom is -0.507 e. The zero-order chi connectivity index (χ0) is 23.7. The van der Waals surface area contributed by atoms with Crippen molar-refractivity contribution in [3.05, 3.63) is 52.4 Å². The highest BCUT2D eigenvalue weighted by molar-refractivity contribution is 6.46. The highest BCUT2D eigenvalue weighted by atomic mass is 16.5. The summed E-state index contributed by atoms with van der Waals surface area (Å²) in [6, 6.07) is 6.53. The van der Waals surface area contributed by atoms with Gasteiger partial charge in [-0.3, -0.25) is 19.2 Å². The summed E-state index contributed by atoms with van der Waals surface area (Å²) in [5.74, 6) is -0.808. The Balaban J connectivity index is 1.77. The van der Waals surface area contributed by atoms with Crippen molar-refractivity contribution in [2.24, 2.45) is 7.05 Å². The average Bonchev–Trinajstić information content (AvgIpc) is 3.23. The van der Waals surface area contributed by atoms with Gasteiger partial charge in [0.25, 0.3) is 11.7 Å². The van der Waals surface area contributed by atoms with Crippen molar-refractivity contribution < 1.29 is 24.2 Å². The number of morpholine rings is 1. The number of rotatable bonds is 6. The van der Waals surface area contributed by atoms with E-state index in [1.807, 2.05) is 19.1 Å². The predicted octanol–water partition coefficient (Wildman–Crippen LogP) is 1.80. The van der Waals surface area contributed by atoms with Crippen LogP contribution in [0.1, 0.15) is 28.6 Å². The van der Waals surface area contributed by atoms with Crippen LogP contribution < -0.4 is 4.74 Å². The minimum absolute atomic E-state index is 0.0892. The lowest BCUT2D eigenvalue weighted by Gasteiger charge is -2.31. The van der Waals surface area contributed by atoms with Crippen LogP contribution in [0.5, 0.6) is 5.75 Å². The fraction of sp³-hybridized carbons (Fsp3) is 0.458. The molecule has 2 saturated heterocycles. The fourth-order valence-electron chi connectivity index (χ4n) is 4.57. The van der Waals surface area contributed by atoms with Crippen LogP contribution in [0.15, 0.2) is 29.8 Å². The number of ether oxygens (including phenoxy) is 2. The summed E-state index contributed by atoms with van der Waals surface area (Å²) in [4.78, 5) is 30.1. The first-order valence-corrected chi connectivity index (χ1v) is 11.1. The average molecular weight is 455 g/mol. The Hall–Kier alpha value is -3.17. The van der Waals surface area contributed by atoms with Crippen molar-refractivity contribution in [1.82, 2.24) is 19.6 Å². The van der Waals surface area contributed by atoms with Crippen LogP contribution in [0.25, 0.3) is 5.76 Å². The lowest BCUT2D eigenvalue weighted by atomic mass is 9.94. The van der Waals surface area contributed by atoms with E-state index < -0.39 is 17.7 Å². The molecule has 0 spiro atoms. The standard InChI is InChI=1S/C24H30N4O5/c1-15-19(16(2)26(3)25-15)22(29)20-21(17-5-7-18(32-4)8-6-17)28(24(31)23(20)30)10-9-27-11-13-33-14-12-27/h5-8,21,29H,9-14H2,1-4H3/b22-20+/t21-/m1/s1. The molecule has 9 heteroatoms. The number of carbonyl (C=O) groups excluding carboxylic acids is 2. The van der Waals surface area contributed by atoms with Crippen LogP contribution >= 0.6 is 0 Å². The van der Waals surface area contributed by atoms with E-state index in [1.54, 1.807) is 42.8 Å². The van der Waals surface area contributed by atoms with Gasteiger partial charge in [-0.25, -0.2) is 0 Å². The van der Waals surface area contributed by atoms with Gasteiger partial charge in [-0.15, -0.1) is 0 Å². The lowest BCUT2D eigenvalue weighted by molar-refractivity contribution is -0.140. The number of carbonyl (C=O) groups is 2. The first-order chi connectivity index (χ1) is 15.8. The van der Waals surface area contributed by atoms with Crippen molar-refractivity contribution in [2.45, 2.75) is 19.9 Å². The molecule has 1 amide bonds. The largest absolute Gasteiger partial charge is 0.507 e. The molecule has 4 rings (SSSR count). The molecule has 176 valence electrons. The number of likely N-dealkylation sites (tertiary alicyclic amines) is 1. The second-order valence-corrected chi connectivity index (χ2v) is 8.39. The molecule has 0 radical (unpaired) electrons. The third-order valence-electron chi connectivity index (χ3n) is 6.48. The summed E-state index contributed by atoms with van der Waals surface area (Å²) in [6.45, 7) is 7.46. The van der Waals surface area contributed by atoms with Crippen molar-refractivity contribution in [3.8, 4) is 5.75 Å². The molecule has 0 aliphatic carbocycles. The van der Waals surface area contributed by atoms with Crippen LogP contribution in [-0.2, 0) is 21.4 Å². The van der Waals surface area contributed by atoms with Gasteiger partial charge in [0.15, 0.2) is 0 Å². The highest BCUT2D eigenvalue weighted by Crippen LogP contribution is 2.40. The maximum Gasteiger partial charge on any atom is 0.295 e. The van der Waals surface area contributed by atoms with Gasteiger partial charge in [0.2, 0.25) is 0 Å². The molecule has 0 saturated carbocycles. The Morgan fingerprint density at radius 1 is 1.15 bits per heavy atom. The Kier molecular flexibility index (Phi) is 6.53. The molecule has 1 atom stereocenters. The van der Waals surface area contributed by atoms with Crippen molar-refractivity contribution >= 4 is 17.4 Å². The van der Waals surface area contributed by atoms with E-state index >= 15 is 0 Å². The van der Waals surface area contributed by atoms with Gasteiger partial charge in [0, 0.05) is 38.9 Å². The lowest BCUT2D eigenvalue weighted by Crippen LogP contribution is -2.42. The quantitative estimate of drug-likeness (QED) is 0.404. The zero-order valence-electron chi connectivity index (χ0n) is 19.5. The molecular weight excluding hydrogens is 424 g/mol. The third kappa shape index (κ3) is 4.26. The number of Topliss-reactive ketones (excluding diaryl/α,β-unsaturated/α-hetero) is 1. The summed E-state index contributed by atoms with van der Waals surface area (Å²) in [5, 5.41) is 15.7. The molecule has 3 heterocycles. The molecule has 1 aromatic heterocycles. The molecule has 9 nitrogen and oxygen atoms in total. The van der Waals surface area contributed by atoms with Gasteiger partial charge in [-0.05, 0) is 31.5 Å². The Morgan fingerprint density at radius 2 is 1.82 bits per heavy atom. The normalized spacial score (nSPS) is 21.1. The van der Waals surface area contributed by atoms with Crippen molar-refractivity contribution in [2.75, 3.05) is 46.5 Å². The fourth-order valence-corrected chi connectivity index (χ4v) is 4.57. The first kappa shape index (κ1) is 23.0. The van der Waals surface area contributed by atoms with Crippen molar-refractivity contribution in [3.63, 3.8) is 0 Å². The number of amides is 1. The van der Waals surface area contributed by atoms with Crippen LogP contribution in [0.4, 0.5) is 0 Å². The summed E-state index contributed by atoms with van der Waals surface area (Å²) in [6.07, 6.45) is 0. The second-order valence-electron chi connectivity index (χ2n) is 8.39. The maximum absolute atomic E-state index is 13.2. The summed E-state index contributed by atoms with van der Waals surface area (Å²) >= 11 is 0. The number of aliphatic hydroxyl groups is 1. The molecular formula is C24H30N4O5. The number of hydrogen-bond donors (Lipinski definition) is 1. The number of nitrogens with zero attached hydrogens (tertiary/aromatic N) is 4. The molecule has 33 heavy (non-hydrogen) atoms. The molecule has 0 unspecified atom stereocenters. The van der Waals surface area contributed by atoms with E-state index in [0.717, 1.165) is 24.3 Å². The van der Waals surface area contributed by atoms with Crippen molar-refractivity contribution in [1.29, 1.82) is 0 Å². The van der Waals surface area contributed by atoms with Crippen LogP contribution in [0, 0.1) is 13.8 Å². The predicted molar refractivity (Wildman–Crippen MR) is 122 cm³/mol. The zero-order valence-corrected chi connectivity index (χ0v) is 19.5. The van der Waals surface area contributed by atoms with Gasteiger partial charge in [-0.2, -0.15) is 5.10 Å². The van der Waals surface area contributed by atoms with E-state index in [0.29, 0.717) is 43.3 Å². The monoisotopic (exact) mass is 454 g/mol. The molecule has 2 fully saturated rings. The number of benzene rings is 1. The van der Waals surface area contributed by atoms with Crippen LogP contribution in [0.2, 0.25) is 0 Å². The van der Waals surface area contributed by atoms with Crippen LogP contribution in [0.3, 0.4) is 0 Å². The maximum atomic E-state index is 13.2. The third-order valence-corrected chi connectivity index (χ3v) is 6.48. The Bertz CT molecular complexity index is 1080. The number of aliphatic hydroxyl groups excluding tert-OH is 1. The topological polar surface area (TPSA) is 97.1 Å². The summed E-state index contributed by atoms with van der Waals surface area (Å²) in [7, 11) is 3.36. The second kappa shape index (κ2) is 9.36. The smallest absolute Gasteiger partial charge is 0.295 e. The number of hydrogen-bond acceptors (Lipinski definition) is 7. The van der Waals surface area contributed by atoms with Gasteiger partial charge in [-0.1, -0.05) is 12.1 Å². The summed E-state index contributed by atoms with van der Waals surface area (Å²) in [5.41, 5.74) is 2.63. The van der Waals surface area contributed by atoms with E-state index in [4.69, 9.17) is 9.47 Å². The Morgan fingerprint density at radius 3 is 2.39 bits per heavy atom. The minimum atomic E-state index is -0.698. The number of aromatic nitrogens is 2. The van der Waals surface area contributed by atoms with Gasteiger partial charge >= 0.3 is 0 Å². The molecule has 0 bridgehead atoms. The van der Waals surface area contributed by atoms with E-state index in [2.05, 4.69) is 10.00 Å². The molecule has 2 aliphatic heterocycles. The van der Waals surface area contributed by atoms with Gasteiger partial charge in [0.1, 0.15) is 11.5 Å². The molecule has 2 aromatic rings. The van der Waals surface area contributed by atoms with Gasteiger partial charge < -0.3 is 19.5 Å². The Labute approximate surface area is 193 Å². The number of methoxy groups -OCH3 is 1. The number of ketones is 1. The van der Waals surface area contributed by atoms with E-state index in [-0.39, 0.29) is 11.3 Å². The SMILES string of the molecule is COc1ccc([C@@H]2/C(=C(\O)c3c(C)nn(C)c3C)C(=O)C(=O)N2CCN2CCOCC2)cc1. The van der Waals surface area contributed by atoms with Gasteiger partial charge in [0.05, 0.1) is 43.2 Å². The molecule has 2 aliphatic rings. The molecule has 1 N–H and O–H groups in total. The van der Waals surface area contributed by atoms with Crippen LogP contribution in [-0.4, -0.2) is 82.9 Å². The summed E-state index contributed by atoms with van der Waals surface area (Å²) < 4.78 is 12.3. The van der Waals surface area contributed by atoms with E-state index in [9.17, 15) is 14.7 Å². The highest BCUT2D eigenvalue weighted by Gasteiger charge is 2.46. The number of aryl methyl sites for hydroxylation is 2. The molecule has 1 aromatic carbocycles. The first-order valence-electron chi connectivity index (χ1n) is 11.1. The van der Waals surface area contributed by atoms with E-state index in [1.165, 1.54) is 0 Å².